The van der Waals surface area contributed by atoms with Crippen molar-refractivity contribution in [3.63, 3.8) is 0 Å². The highest BCUT2D eigenvalue weighted by molar-refractivity contribution is 5.68. The number of alkyl carbamates (subject to hydrolysis) is 1. The topological polar surface area (TPSA) is 67.0 Å². The number of aromatic amines is 1. The Bertz CT molecular complexity index is 327. The van der Waals surface area contributed by atoms with Crippen molar-refractivity contribution in [3.8, 4) is 0 Å². The highest BCUT2D eigenvalue weighted by Gasteiger charge is 2.19. The number of hydrogen-bond donors (Lipinski definition) is 2. The van der Waals surface area contributed by atoms with E-state index in [1.54, 1.807) is 6.20 Å². The summed E-state index contributed by atoms with van der Waals surface area (Å²) < 4.78 is 5.18. The Hall–Kier alpha value is -1.52. The second-order valence-corrected chi connectivity index (χ2v) is 4.62. The van der Waals surface area contributed by atoms with Gasteiger partial charge in [-0.1, -0.05) is 6.92 Å². The summed E-state index contributed by atoms with van der Waals surface area (Å²) in [6, 6.07) is 1.75. The van der Waals surface area contributed by atoms with Crippen LogP contribution in [0.2, 0.25) is 0 Å². The molecule has 0 saturated carbocycles. The number of carbonyl (C=O) groups excluding carboxylic acids is 1. The van der Waals surface area contributed by atoms with Crippen LogP contribution in [-0.4, -0.2) is 21.9 Å². The van der Waals surface area contributed by atoms with Crippen LogP contribution < -0.4 is 5.32 Å². The lowest BCUT2D eigenvalue weighted by Gasteiger charge is -2.22. The van der Waals surface area contributed by atoms with Crippen LogP contribution in [0.3, 0.4) is 0 Å². The summed E-state index contributed by atoms with van der Waals surface area (Å²) in [6.07, 6.45) is 2.03. The molecule has 0 spiro atoms. The lowest BCUT2D eigenvalue weighted by molar-refractivity contribution is 0.0501. The number of amides is 1. The van der Waals surface area contributed by atoms with Crippen LogP contribution in [-0.2, 0) is 4.74 Å². The van der Waals surface area contributed by atoms with Gasteiger partial charge in [0.25, 0.3) is 0 Å². The molecule has 16 heavy (non-hydrogen) atoms. The maximum atomic E-state index is 11.6. The fourth-order valence-electron chi connectivity index (χ4n) is 1.31. The van der Waals surface area contributed by atoms with Crippen molar-refractivity contribution in [1.82, 2.24) is 15.5 Å². The van der Waals surface area contributed by atoms with Gasteiger partial charge < -0.3 is 10.1 Å². The van der Waals surface area contributed by atoms with E-state index in [0.717, 1.165) is 12.1 Å². The van der Waals surface area contributed by atoms with E-state index in [-0.39, 0.29) is 6.04 Å². The Kier molecular flexibility index (Phi) is 3.93. The minimum atomic E-state index is -0.476. The lowest BCUT2D eigenvalue weighted by Crippen LogP contribution is -2.34. The third-order valence-corrected chi connectivity index (χ3v) is 2.00. The van der Waals surface area contributed by atoms with E-state index >= 15 is 0 Å². The minimum Gasteiger partial charge on any atom is -0.444 e. The van der Waals surface area contributed by atoms with Crippen molar-refractivity contribution < 1.29 is 9.53 Å². The SMILES string of the molecule is CC[C@H](NC(=O)OC(C)(C)C)c1ccn[nH]1. The quantitative estimate of drug-likeness (QED) is 0.830. The van der Waals surface area contributed by atoms with E-state index in [4.69, 9.17) is 4.74 Å². The molecule has 1 aromatic heterocycles. The maximum Gasteiger partial charge on any atom is 0.408 e. The molecule has 90 valence electrons. The molecular weight excluding hydrogens is 206 g/mol. The third-order valence-electron chi connectivity index (χ3n) is 2.00. The van der Waals surface area contributed by atoms with E-state index in [0.29, 0.717) is 0 Å². The molecule has 2 N–H and O–H groups in total. The number of aromatic nitrogens is 2. The summed E-state index contributed by atoms with van der Waals surface area (Å²) in [6.45, 7) is 7.50. The van der Waals surface area contributed by atoms with Gasteiger partial charge >= 0.3 is 6.09 Å². The number of nitrogens with zero attached hydrogens (tertiary/aromatic N) is 1. The van der Waals surface area contributed by atoms with Gasteiger partial charge in [-0.3, -0.25) is 5.10 Å². The number of rotatable bonds is 3. The van der Waals surface area contributed by atoms with Crippen LogP contribution in [0.15, 0.2) is 12.3 Å². The minimum absolute atomic E-state index is 0.0858. The highest BCUT2D eigenvalue weighted by atomic mass is 16.6. The van der Waals surface area contributed by atoms with E-state index < -0.39 is 11.7 Å². The normalized spacial score (nSPS) is 13.2. The molecule has 1 amide bonds. The van der Waals surface area contributed by atoms with Crippen molar-refractivity contribution in [2.45, 2.75) is 45.8 Å². The van der Waals surface area contributed by atoms with Crippen molar-refractivity contribution in [3.05, 3.63) is 18.0 Å². The lowest BCUT2D eigenvalue weighted by atomic mass is 10.1. The predicted molar refractivity (Wildman–Crippen MR) is 61.0 cm³/mol. The number of hydrogen-bond acceptors (Lipinski definition) is 3. The summed E-state index contributed by atoms with van der Waals surface area (Å²) in [5.74, 6) is 0. The summed E-state index contributed by atoms with van der Waals surface area (Å²) in [4.78, 5) is 11.6. The van der Waals surface area contributed by atoms with Crippen LogP contribution in [0.5, 0.6) is 0 Å². The standard InChI is InChI=1S/C11H19N3O2/c1-5-8(9-6-7-12-14-9)13-10(15)16-11(2,3)4/h6-8H,5H2,1-4H3,(H,12,14)(H,13,15)/t8-/m0/s1. The highest BCUT2D eigenvalue weighted by Crippen LogP contribution is 2.14. The number of ether oxygens (including phenoxy) is 1. The molecule has 0 unspecified atom stereocenters. The van der Waals surface area contributed by atoms with E-state index in [2.05, 4.69) is 15.5 Å². The summed E-state index contributed by atoms with van der Waals surface area (Å²) in [7, 11) is 0. The number of carbonyl (C=O) groups is 1. The van der Waals surface area contributed by atoms with Gasteiger partial charge in [0.15, 0.2) is 0 Å². The van der Waals surface area contributed by atoms with Crippen molar-refractivity contribution in [2.24, 2.45) is 0 Å². The first kappa shape index (κ1) is 12.5. The van der Waals surface area contributed by atoms with Crippen LogP contribution in [0.4, 0.5) is 4.79 Å². The Morgan fingerprint density at radius 2 is 2.31 bits per heavy atom. The zero-order valence-corrected chi connectivity index (χ0v) is 10.2. The zero-order chi connectivity index (χ0) is 12.2. The van der Waals surface area contributed by atoms with Gasteiger partial charge in [-0.15, -0.1) is 0 Å². The summed E-state index contributed by atoms with van der Waals surface area (Å²) >= 11 is 0. The average molecular weight is 225 g/mol. The first-order valence-corrected chi connectivity index (χ1v) is 5.41. The molecule has 0 fully saturated rings. The molecule has 1 heterocycles. The average Bonchev–Trinajstić information content (AvgIpc) is 2.63. The fraction of sp³-hybridized carbons (Fsp3) is 0.636. The largest absolute Gasteiger partial charge is 0.444 e. The zero-order valence-electron chi connectivity index (χ0n) is 10.2. The molecule has 0 saturated heterocycles. The van der Waals surface area contributed by atoms with E-state index in [1.165, 1.54) is 0 Å². The Morgan fingerprint density at radius 1 is 1.62 bits per heavy atom. The molecule has 0 aliphatic heterocycles. The van der Waals surface area contributed by atoms with Crippen molar-refractivity contribution in [1.29, 1.82) is 0 Å². The van der Waals surface area contributed by atoms with Gasteiger partial charge in [0, 0.05) is 6.20 Å². The summed E-state index contributed by atoms with van der Waals surface area (Å²) in [5, 5.41) is 9.49. The molecular formula is C11H19N3O2. The van der Waals surface area contributed by atoms with Crippen molar-refractivity contribution >= 4 is 6.09 Å². The van der Waals surface area contributed by atoms with Crippen LogP contribution >= 0.6 is 0 Å². The van der Waals surface area contributed by atoms with Gasteiger partial charge in [0.2, 0.25) is 0 Å². The van der Waals surface area contributed by atoms with Gasteiger partial charge in [-0.05, 0) is 33.3 Å². The number of H-pyrrole nitrogens is 1. The molecule has 0 aromatic carbocycles. The molecule has 0 radical (unpaired) electrons. The van der Waals surface area contributed by atoms with Crippen LogP contribution in [0, 0.1) is 0 Å². The van der Waals surface area contributed by atoms with E-state index in [9.17, 15) is 4.79 Å². The van der Waals surface area contributed by atoms with Gasteiger partial charge in [0.1, 0.15) is 5.60 Å². The summed E-state index contributed by atoms with van der Waals surface area (Å²) in [5.41, 5.74) is 0.407. The Balaban J connectivity index is 2.55. The Labute approximate surface area is 95.6 Å². The van der Waals surface area contributed by atoms with E-state index in [1.807, 2.05) is 33.8 Å². The smallest absolute Gasteiger partial charge is 0.408 e. The van der Waals surface area contributed by atoms with Gasteiger partial charge in [0.05, 0.1) is 11.7 Å². The molecule has 0 aliphatic rings. The van der Waals surface area contributed by atoms with Gasteiger partial charge in [-0.25, -0.2) is 4.79 Å². The second kappa shape index (κ2) is 5.01. The molecule has 0 bridgehead atoms. The molecule has 1 atom stereocenters. The molecule has 0 aliphatic carbocycles. The first-order valence-electron chi connectivity index (χ1n) is 5.41. The predicted octanol–water partition coefficient (Wildman–Crippen LogP) is 2.39. The van der Waals surface area contributed by atoms with Crippen molar-refractivity contribution in [2.75, 3.05) is 0 Å². The first-order chi connectivity index (χ1) is 7.42. The molecule has 1 aromatic rings. The third kappa shape index (κ3) is 3.92. The Morgan fingerprint density at radius 3 is 2.75 bits per heavy atom. The molecule has 1 rings (SSSR count). The monoisotopic (exact) mass is 225 g/mol. The van der Waals surface area contributed by atoms with Crippen LogP contribution in [0.25, 0.3) is 0 Å². The van der Waals surface area contributed by atoms with Crippen LogP contribution in [0.1, 0.15) is 45.9 Å². The maximum absolute atomic E-state index is 11.6. The molecule has 5 heteroatoms. The van der Waals surface area contributed by atoms with Gasteiger partial charge in [-0.2, -0.15) is 5.10 Å². The fourth-order valence-corrected chi connectivity index (χ4v) is 1.31. The number of nitrogens with one attached hydrogen (secondary N) is 2. The second-order valence-electron chi connectivity index (χ2n) is 4.62. The molecule has 5 nitrogen and oxygen atoms in total.